The Labute approximate surface area is 147 Å². The summed E-state index contributed by atoms with van der Waals surface area (Å²) in [5.41, 5.74) is 6.01. The Morgan fingerprint density at radius 2 is 1.84 bits per heavy atom. The zero-order valence-electron chi connectivity index (χ0n) is 15.0. The van der Waals surface area contributed by atoms with Crippen LogP contribution in [0.4, 0.5) is 0 Å². The summed E-state index contributed by atoms with van der Waals surface area (Å²) in [6.07, 6.45) is 1.66. The van der Waals surface area contributed by atoms with Gasteiger partial charge in [0.1, 0.15) is 0 Å². The van der Waals surface area contributed by atoms with E-state index in [1.807, 2.05) is 19.1 Å². The second-order valence-electron chi connectivity index (χ2n) is 6.93. The van der Waals surface area contributed by atoms with E-state index in [4.69, 9.17) is 9.47 Å². The predicted octanol–water partition coefficient (Wildman–Crippen LogP) is 3.18. The van der Waals surface area contributed by atoms with Crippen molar-refractivity contribution in [1.29, 1.82) is 0 Å². The number of hydrogen-bond donors (Lipinski definition) is 2. The van der Waals surface area contributed by atoms with Crippen LogP contribution >= 0.6 is 0 Å². The van der Waals surface area contributed by atoms with E-state index in [2.05, 4.69) is 11.9 Å². The molecule has 4 rings (SSSR count). The van der Waals surface area contributed by atoms with Gasteiger partial charge in [0, 0.05) is 23.7 Å². The Morgan fingerprint density at radius 1 is 1.12 bits per heavy atom. The van der Waals surface area contributed by atoms with Crippen LogP contribution in [0.3, 0.4) is 0 Å². The highest BCUT2D eigenvalue weighted by atomic mass is 16.5. The average Bonchev–Trinajstić information content (AvgIpc) is 2.59. The van der Waals surface area contributed by atoms with E-state index in [0.717, 1.165) is 41.6 Å². The normalized spacial score (nSPS) is 18.5. The predicted molar refractivity (Wildman–Crippen MR) is 95.8 cm³/mol. The van der Waals surface area contributed by atoms with Gasteiger partial charge in [-0.1, -0.05) is 0 Å². The molecule has 5 nitrogen and oxygen atoms in total. The van der Waals surface area contributed by atoms with Crippen molar-refractivity contribution in [2.45, 2.75) is 25.8 Å². The van der Waals surface area contributed by atoms with Gasteiger partial charge in [-0.2, -0.15) is 0 Å². The van der Waals surface area contributed by atoms with Crippen molar-refractivity contribution in [1.82, 2.24) is 4.90 Å². The number of ether oxygens (including phenoxy) is 2. The van der Waals surface area contributed by atoms with Crippen LogP contribution < -0.4 is 9.47 Å². The number of benzene rings is 2. The fourth-order valence-corrected chi connectivity index (χ4v) is 4.37. The number of methoxy groups -OCH3 is 2. The highest BCUT2D eigenvalue weighted by molar-refractivity contribution is 5.86. The number of rotatable bonds is 2. The quantitative estimate of drug-likeness (QED) is 0.878. The van der Waals surface area contributed by atoms with E-state index < -0.39 is 0 Å². The Bertz CT molecular complexity index is 875. The molecule has 1 unspecified atom stereocenters. The third-order valence-corrected chi connectivity index (χ3v) is 5.61. The van der Waals surface area contributed by atoms with Gasteiger partial charge in [0.15, 0.2) is 23.0 Å². The minimum Gasteiger partial charge on any atom is -0.504 e. The first-order valence-electron chi connectivity index (χ1n) is 8.50. The molecule has 2 aromatic rings. The first-order chi connectivity index (χ1) is 12.0. The smallest absolute Gasteiger partial charge is 0.168 e. The maximum atomic E-state index is 10.5. The van der Waals surface area contributed by atoms with Crippen molar-refractivity contribution in [3.8, 4) is 34.1 Å². The van der Waals surface area contributed by atoms with Crippen molar-refractivity contribution in [2.24, 2.45) is 0 Å². The van der Waals surface area contributed by atoms with Crippen LogP contribution in [0.1, 0.15) is 28.3 Å². The highest BCUT2D eigenvalue weighted by Crippen LogP contribution is 2.55. The van der Waals surface area contributed by atoms with Crippen molar-refractivity contribution in [2.75, 3.05) is 27.8 Å². The molecule has 2 aliphatic rings. The van der Waals surface area contributed by atoms with Gasteiger partial charge in [-0.15, -0.1) is 0 Å². The lowest BCUT2D eigenvalue weighted by Gasteiger charge is -2.40. The number of phenols is 2. The van der Waals surface area contributed by atoms with E-state index in [9.17, 15) is 10.2 Å². The van der Waals surface area contributed by atoms with Crippen molar-refractivity contribution >= 4 is 0 Å². The number of hydrogen-bond acceptors (Lipinski definition) is 5. The SMILES string of the molecule is COc1c(O)c(C)cc2c1CC1c3c(cc(O)c(OC)c3-2)CCN1C. The number of aryl methyl sites for hydroxylation is 1. The second-order valence-corrected chi connectivity index (χ2v) is 6.93. The van der Waals surface area contributed by atoms with Crippen LogP contribution in [-0.4, -0.2) is 42.9 Å². The zero-order valence-corrected chi connectivity index (χ0v) is 15.0. The van der Waals surface area contributed by atoms with Crippen molar-refractivity contribution < 1.29 is 19.7 Å². The van der Waals surface area contributed by atoms with E-state index in [0.29, 0.717) is 11.5 Å². The second kappa shape index (κ2) is 5.56. The molecular weight excluding hydrogens is 318 g/mol. The third kappa shape index (κ3) is 2.12. The van der Waals surface area contributed by atoms with Crippen LogP contribution in [0.15, 0.2) is 12.1 Å². The molecule has 1 aliphatic heterocycles. The summed E-state index contributed by atoms with van der Waals surface area (Å²) in [6, 6.07) is 3.99. The third-order valence-electron chi connectivity index (χ3n) is 5.61. The molecule has 0 saturated carbocycles. The Morgan fingerprint density at radius 3 is 2.52 bits per heavy atom. The maximum Gasteiger partial charge on any atom is 0.168 e. The highest BCUT2D eigenvalue weighted by Gasteiger charge is 2.38. The summed E-state index contributed by atoms with van der Waals surface area (Å²) in [5.74, 6) is 1.36. The Hall–Kier alpha value is -2.40. The molecule has 5 heteroatoms. The van der Waals surface area contributed by atoms with Crippen molar-refractivity contribution in [3.05, 3.63) is 34.4 Å². The summed E-state index contributed by atoms with van der Waals surface area (Å²) >= 11 is 0. The van der Waals surface area contributed by atoms with Gasteiger partial charge < -0.3 is 19.7 Å². The molecule has 0 aromatic heterocycles. The molecule has 0 fully saturated rings. The summed E-state index contributed by atoms with van der Waals surface area (Å²) < 4.78 is 11.1. The zero-order chi connectivity index (χ0) is 17.9. The summed E-state index contributed by atoms with van der Waals surface area (Å²) in [5, 5.41) is 21.0. The monoisotopic (exact) mass is 341 g/mol. The lowest BCUT2D eigenvalue weighted by atomic mass is 9.75. The first-order valence-corrected chi connectivity index (χ1v) is 8.50. The number of aromatic hydroxyl groups is 2. The largest absolute Gasteiger partial charge is 0.504 e. The molecule has 0 radical (unpaired) electrons. The fraction of sp³-hybridized carbons (Fsp3) is 0.400. The van der Waals surface area contributed by atoms with Gasteiger partial charge in [-0.05, 0) is 61.2 Å². The van der Waals surface area contributed by atoms with E-state index in [1.165, 1.54) is 11.1 Å². The van der Waals surface area contributed by atoms with Crippen LogP contribution in [0.25, 0.3) is 11.1 Å². The number of likely N-dealkylation sites (N-methyl/N-ethyl adjacent to an activating group) is 1. The molecule has 0 bridgehead atoms. The fourth-order valence-electron chi connectivity index (χ4n) is 4.37. The molecule has 1 atom stereocenters. The number of fused-ring (bicyclic) bond motifs is 2. The summed E-state index contributed by atoms with van der Waals surface area (Å²) in [7, 11) is 5.28. The van der Waals surface area contributed by atoms with Gasteiger partial charge in [0.25, 0.3) is 0 Å². The number of phenolic OH excluding ortho intramolecular Hbond substituents is 2. The molecule has 25 heavy (non-hydrogen) atoms. The van der Waals surface area contributed by atoms with E-state index in [1.54, 1.807) is 14.2 Å². The molecule has 2 aromatic carbocycles. The Balaban J connectivity index is 2.13. The molecule has 0 saturated heterocycles. The maximum absolute atomic E-state index is 10.5. The molecule has 0 amide bonds. The standard InChI is InChI=1S/C20H23NO4/c1-10-7-12-13(19(24-3)18(10)23)9-14-16-11(5-6-21(14)2)8-15(22)20(25-4)17(12)16/h7-8,14,22-23H,5-6,9H2,1-4H3. The van der Waals surface area contributed by atoms with Crippen LogP contribution in [-0.2, 0) is 12.8 Å². The molecule has 1 aliphatic carbocycles. The molecule has 0 spiro atoms. The minimum absolute atomic E-state index is 0.164. The van der Waals surface area contributed by atoms with Gasteiger partial charge in [0.05, 0.1) is 14.2 Å². The van der Waals surface area contributed by atoms with E-state index >= 15 is 0 Å². The average molecular weight is 341 g/mol. The topological polar surface area (TPSA) is 62.2 Å². The van der Waals surface area contributed by atoms with Gasteiger partial charge in [-0.25, -0.2) is 0 Å². The molecule has 1 heterocycles. The van der Waals surface area contributed by atoms with Crippen LogP contribution in [0.5, 0.6) is 23.0 Å². The first kappa shape index (κ1) is 16.1. The van der Waals surface area contributed by atoms with Gasteiger partial charge in [-0.3, -0.25) is 4.90 Å². The summed E-state index contributed by atoms with van der Waals surface area (Å²) in [6.45, 7) is 2.79. The molecule has 132 valence electrons. The lowest BCUT2D eigenvalue weighted by Crippen LogP contribution is -2.35. The van der Waals surface area contributed by atoms with E-state index in [-0.39, 0.29) is 17.5 Å². The van der Waals surface area contributed by atoms with Crippen LogP contribution in [0.2, 0.25) is 0 Å². The lowest BCUT2D eigenvalue weighted by molar-refractivity contribution is 0.224. The van der Waals surface area contributed by atoms with Gasteiger partial charge >= 0.3 is 0 Å². The van der Waals surface area contributed by atoms with Crippen LogP contribution in [0, 0.1) is 6.92 Å². The minimum atomic E-state index is 0.164. The Kier molecular flexibility index (Phi) is 3.58. The molecule has 2 N–H and O–H groups in total. The summed E-state index contributed by atoms with van der Waals surface area (Å²) in [4.78, 5) is 2.32. The van der Waals surface area contributed by atoms with Crippen molar-refractivity contribution in [3.63, 3.8) is 0 Å². The molecular formula is C20H23NO4. The number of nitrogens with zero attached hydrogens (tertiary/aromatic N) is 1. The van der Waals surface area contributed by atoms with Gasteiger partial charge in [0.2, 0.25) is 0 Å².